The minimum Gasteiger partial charge on any atom is -0.396 e. The van der Waals surface area contributed by atoms with E-state index in [0.29, 0.717) is 29.3 Å². The fraction of sp³-hybridized carbons (Fsp3) is 1.00. The fourth-order valence-electron chi connectivity index (χ4n) is 9.40. The molecule has 0 aromatic rings. The molecule has 4 aliphatic rings. The first-order valence-electron chi connectivity index (χ1n) is 13.5. The normalized spacial score (nSPS) is 48.9. The molecule has 0 amide bonds. The van der Waals surface area contributed by atoms with Crippen LogP contribution < -0.4 is 0 Å². The molecule has 4 rings (SSSR count). The molecular formula is C28H50O2. The molecule has 0 bridgehead atoms. The Bertz CT molecular complexity index is 589. The van der Waals surface area contributed by atoms with Gasteiger partial charge in [0.15, 0.2) is 0 Å². The van der Waals surface area contributed by atoms with Gasteiger partial charge in [0, 0.05) is 6.61 Å². The summed E-state index contributed by atoms with van der Waals surface area (Å²) in [5.74, 6) is 6.38. The third-order valence-electron chi connectivity index (χ3n) is 11.7. The van der Waals surface area contributed by atoms with Crippen molar-refractivity contribution in [2.75, 3.05) is 6.61 Å². The average Bonchev–Trinajstić information content (AvgIpc) is 3.09. The van der Waals surface area contributed by atoms with E-state index < -0.39 is 0 Å². The minimum atomic E-state index is -0.0267. The Morgan fingerprint density at radius 1 is 0.800 bits per heavy atom. The van der Waals surface area contributed by atoms with Crippen molar-refractivity contribution in [3.05, 3.63) is 0 Å². The fourth-order valence-corrected chi connectivity index (χ4v) is 9.40. The van der Waals surface area contributed by atoms with Crippen LogP contribution in [0.1, 0.15) is 105 Å². The van der Waals surface area contributed by atoms with E-state index in [1.54, 1.807) is 0 Å². The molecule has 0 heterocycles. The predicted octanol–water partition coefficient (Wildman–Crippen LogP) is 6.69. The Balaban J connectivity index is 1.44. The lowest BCUT2D eigenvalue weighted by Crippen LogP contribution is -2.54. The van der Waals surface area contributed by atoms with E-state index in [0.717, 1.165) is 48.3 Å². The van der Waals surface area contributed by atoms with Crippen LogP contribution in [-0.2, 0) is 0 Å². The van der Waals surface area contributed by atoms with E-state index in [1.165, 1.54) is 57.8 Å². The van der Waals surface area contributed by atoms with Gasteiger partial charge in [0.1, 0.15) is 0 Å². The van der Waals surface area contributed by atoms with E-state index in [1.807, 2.05) is 0 Å². The first-order valence-corrected chi connectivity index (χ1v) is 13.5. The summed E-state index contributed by atoms with van der Waals surface area (Å²) in [5.41, 5.74) is 1.06. The number of hydrogen-bond donors (Lipinski definition) is 2. The second-order valence-corrected chi connectivity index (χ2v) is 13.0. The number of aliphatic hydroxyl groups excluding tert-OH is 2. The number of hydrogen-bond acceptors (Lipinski definition) is 2. The molecule has 0 radical (unpaired) electrons. The molecule has 0 spiro atoms. The van der Waals surface area contributed by atoms with Gasteiger partial charge in [-0.2, -0.15) is 0 Å². The SMILES string of the molecule is CC(CO)[C@@H](C)CC[C@@H](C)[C@H]1CC[C@H]2[C@@H]3CCC4CC(O)CC[C@]4(C)[C@H]3CC[C@]12C. The van der Waals surface area contributed by atoms with Crippen molar-refractivity contribution in [2.45, 2.75) is 111 Å². The Hall–Kier alpha value is -0.0800. The van der Waals surface area contributed by atoms with Gasteiger partial charge in [0.25, 0.3) is 0 Å². The van der Waals surface area contributed by atoms with Gasteiger partial charge in [0.05, 0.1) is 6.10 Å². The molecule has 0 saturated heterocycles. The van der Waals surface area contributed by atoms with E-state index >= 15 is 0 Å². The highest BCUT2D eigenvalue weighted by Gasteiger charge is 2.60. The predicted molar refractivity (Wildman–Crippen MR) is 125 cm³/mol. The summed E-state index contributed by atoms with van der Waals surface area (Å²) in [7, 11) is 0. The van der Waals surface area contributed by atoms with E-state index in [4.69, 9.17) is 0 Å². The minimum absolute atomic E-state index is 0.0267. The van der Waals surface area contributed by atoms with Gasteiger partial charge in [-0.1, -0.05) is 47.5 Å². The highest BCUT2D eigenvalue weighted by Crippen LogP contribution is 2.68. The molecule has 2 nitrogen and oxygen atoms in total. The van der Waals surface area contributed by atoms with Crippen molar-refractivity contribution in [2.24, 2.45) is 58.2 Å². The van der Waals surface area contributed by atoms with Crippen LogP contribution in [0.5, 0.6) is 0 Å². The monoisotopic (exact) mass is 418 g/mol. The molecule has 174 valence electrons. The van der Waals surface area contributed by atoms with Gasteiger partial charge >= 0.3 is 0 Å². The van der Waals surface area contributed by atoms with Crippen molar-refractivity contribution in [3.63, 3.8) is 0 Å². The second-order valence-electron chi connectivity index (χ2n) is 13.0. The van der Waals surface area contributed by atoms with Crippen LogP contribution >= 0.6 is 0 Å². The lowest BCUT2D eigenvalue weighted by molar-refractivity contribution is -0.129. The smallest absolute Gasteiger partial charge is 0.0543 e. The van der Waals surface area contributed by atoms with Crippen LogP contribution in [0.4, 0.5) is 0 Å². The Kier molecular flexibility index (Phi) is 6.69. The summed E-state index contributed by atoms with van der Waals surface area (Å²) < 4.78 is 0. The van der Waals surface area contributed by atoms with Crippen LogP contribution in [-0.4, -0.2) is 22.9 Å². The van der Waals surface area contributed by atoms with Gasteiger partial charge in [-0.25, -0.2) is 0 Å². The standard InChI is InChI=1S/C28H50O2/c1-18(20(3)17-29)6-7-19(2)24-10-11-25-23-9-8-21-16-22(30)12-14-27(21,4)26(23)13-15-28(24,25)5/h18-26,29-30H,6-17H2,1-5H3/t18-,19+,20?,21?,22?,23-,24+,25-,26-,27-,28+/m0/s1. The molecule has 0 aromatic heterocycles. The second kappa shape index (κ2) is 8.69. The Morgan fingerprint density at radius 2 is 1.50 bits per heavy atom. The summed E-state index contributed by atoms with van der Waals surface area (Å²) >= 11 is 0. The third kappa shape index (κ3) is 3.81. The van der Waals surface area contributed by atoms with Gasteiger partial charge < -0.3 is 10.2 Å². The maximum Gasteiger partial charge on any atom is 0.0543 e. The highest BCUT2D eigenvalue weighted by molar-refractivity contribution is 5.09. The zero-order chi connectivity index (χ0) is 21.7. The van der Waals surface area contributed by atoms with Crippen LogP contribution in [0.2, 0.25) is 0 Å². The molecule has 3 unspecified atom stereocenters. The van der Waals surface area contributed by atoms with Crippen molar-refractivity contribution in [1.29, 1.82) is 0 Å². The van der Waals surface area contributed by atoms with Crippen molar-refractivity contribution in [3.8, 4) is 0 Å². The lowest BCUT2D eigenvalue weighted by Gasteiger charge is -2.61. The average molecular weight is 419 g/mol. The molecular weight excluding hydrogens is 368 g/mol. The lowest BCUT2D eigenvalue weighted by atomic mass is 9.44. The summed E-state index contributed by atoms with van der Waals surface area (Å²) in [5, 5.41) is 19.8. The van der Waals surface area contributed by atoms with Gasteiger partial charge in [-0.15, -0.1) is 0 Å². The molecule has 0 aliphatic heterocycles. The van der Waals surface area contributed by atoms with Gasteiger partial charge in [-0.05, 0) is 116 Å². The van der Waals surface area contributed by atoms with Crippen LogP contribution in [0, 0.1) is 58.2 Å². The van der Waals surface area contributed by atoms with Crippen LogP contribution in [0.25, 0.3) is 0 Å². The van der Waals surface area contributed by atoms with Crippen LogP contribution in [0.3, 0.4) is 0 Å². The molecule has 4 fully saturated rings. The first-order chi connectivity index (χ1) is 14.2. The highest BCUT2D eigenvalue weighted by atomic mass is 16.3. The molecule has 4 aliphatic carbocycles. The van der Waals surface area contributed by atoms with Crippen molar-refractivity contribution >= 4 is 0 Å². The largest absolute Gasteiger partial charge is 0.396 e. The van der Waals surface area contributed by atoms with E-state index in [-0.39, 0.29) is 6.10 Å². The number of aliphatic hydroxyl groups is 2. The zero-order valence-corrected chi connectivity index (χ0v) is 20.6. The quantitative estimate of drug-likeness (QED) is 0.504. The van der Waals surface area contributed by atoms with Gasteiger partial charge in [0.2, 0.25) is 0 Å². The van der Waals surface area contributed by atoms with Crippen molar-refractivity contribution < 1.29 is 10.2 Å². The van der Waals surface area contributed by atoms with Crippen LogP contribution in [0.15, 0.2) is 0 Å². The summed E-state index contributed by atoms with van der Waals surface area (Å²) in [4.78, 5) is 0. The van der Waals surface area contributed by atoms with E-state index in [2.05, 4.69) is 34.6 Å². The Morgan fingerprint density at radius 3 is 2.23 bits per heavy atom. The maximum absolute atomic E-state index is 10.3. The van der Waals surface area contributed by atoms with Gasteiger partial charge in [-0.3, -0.25) is 0 Å². The summed E-state index contributed by atoms with van der Waals surface area (Å²) in [6.45, 7) is 12.7. The molecule has 4 saturated carbocycles. The number of fused-ring (bicyclic) bond motifs is 5. The van der Waals surface area contributed by atoms with E-state index in [9.17, 15) is 10.2 Å². The molecule has 0 aromatic carbocycles. The number of rotatable bonds is 6. The first kappa shape index (κ1) is 23.1. The summed E-state index contributed by atoms with van der Waals surface area (Å²) in [6, 6.07) is 0. The molecule has 30 heavy (non-hydrogen) atoms. The maximum atomic E-state index is 10.3. The molecule has 2 heteroatoms. The molecule has 2 N–H and O–H groups in total. The summed E-state index contributed by atoms with van der Waals surface area (Å²) in [6.07, 6.45) is 14.6. The third-order valence-corrected chi connectivity index (χ3v) is 11.7. The van der Waals surface area contributed by atoms with Crippen molar-refractivity contribution in [1.82, 2.24) is 0 Å². The molecule has 11 atom stereocenters. The Labute approximate surface area is 186 Å². The zero-order valence-electron chi connectivity index (χ0n) is 20.6. The topological polar surface area (TPSA) is 40.5 Å².